The summed E-state index contributed by atoms with van der Waals surface area (Å²) < 4.78 is 10.5. The summed E-state index contributed by atoms with van der Waals surface area (Å²) in [5.41, 5.74) is 1.34. The maximum Gasteiger partial charge on any atom is 0.251 e. The maximum absolute atomic E-state index is 12.4. The van der Waals surface area contributed by atoms with Crippen LogP contribution in [0.25, 0.3) is 0 Å². The van der Waals surface area contributed by atoms with Crippen LogP contribution in [0, 0.1) is 0 Å². The smallest absolute Gasteiger partial charge is 0.251 e. The van der Waals surface area contributed by atoms with Gasteiger partial charge in [-0.25, -0.2) is 0 Å². The van der Waals surface area contributed by atoms with Crippen LogP contribution in [0.2, 0.25) is 0 Å². The number of methoxy groups -OCH3 is 1. The molecule has 1 fully saturated rings. The van der Waals surface area contributed by atoms with Gasteiger partial charge in [0.1, 0.15) is 11.5 Å². The first kappa shape index (κ1) is 17.8. The molecule has 0 saturated carbocycles. The topological polar surface area (TPSA) is 67.9 Å². The first-order valence-corrected chi connectivity index (χ1v) is 8.59. The van der Waals surface area contributed by atoms with Crippen molar-refractivity contribution in [2.75, 3.05) is 25.2 Å². The summed E-state index contributed by atoms with van der Waals surface area (Å²) >= 11 is 0. The van der Waals surface area contributed by atoms with Gasteiger partial charge in [-0.05, 0) is 55.5 Å². The van der Waals surface area contributed by atoms with E-state index < -0.39 is 0 Å². The van der Waals surface area contributed by atoms with Crippen LogP contribution in [0.1, 0.15) is 23.7 Å². The van der Waals surface area contributed by atoms with Crippen LogP contribution in [-0.4, -0.2) is 38.1 Å². The summed E-state index contributed by atoms with van der Waals surface area (Å²) in [5, 5.41) is 2.93. The lowest BCUT2D eigenvalue weighted by Crippen LogP contribution is -2.37. The van der Waals surface area contributed by atoms with Crippen molar-refractivity contribution in [2.45, 2.75) is 19.4 Å². The third kappa shape index (κ3) is 3.96. The number of hydrogen-bond acceptors (Lipinski definition) is 4. The number of anilines is 1. The van der Waals surface area contributed by atoms with Gasteiger partial charge in [0, 0.05) is 24.2 Å². The van der Waals surface area contributed by atoms with E-state index >= 15 is 0 Å². The van der Waals surface area contributed by atoms with Crippen LogP contribution in [0.5, 0.6) is 11.5 Å². The zero-order chi connectivity index (χ0) is 18.5. The van der Waals surface area contributed by atoms with E-state index in [1.54, 1.807) is 36.3 Å². The Bertz CT molecular complexity index is 771. The molecular formula is C20H22N2O4. The molecule has 2 aromatic carbocycles. The van der Waals surface area contributed by atoms with Crippen LogP contribution in [-0.2, 0) is 4.79 Å². The van der Waals surface area contributed by atoms with Gasteiger partial charge < -0.3 is 19.7 Å². The van der Waals surface area contributed by atoms with E-state index in [-0.39, 0.29) is 24.3 Å². The van der Waals surface area contributed by atoms with Crippen LogP contribution in [0.4, 0.5) is 5.69 Å². The fourth-order valence-electron chi connectivity index (χ4n) is 2.95. The fourth-order valence-corrected chi connectivity index (χ4v) is 2.95. The number of carbonyl (C=O) groups is 2. The number of nitrogens with one attached hydrogen (secondary N) is 1. The van der Waals surface area contributed by atoms with Crippen molar-refractivity contribution in [1.29, 1.82) is 0 Å². The first-order valence-electron chi connectivity index (χ1n) is 8.59. The van der Waals surface area contributed by atoms with Crippen LogP contribution in [0.3, 0.4) is 0 Å². The molecule has 0 aromatic heterocycles. The Hall–Kier alpha value is -3.02. The van der Waals surface area contributed by atoms with Crippen LogP contribution < -0.4 is 19.7 Å². The van der Waals surface area contributed by atoms with E-state index in [1.165, 1.54) is 0 Å². The van der Waals surface area contributed by atoms with Crippen molar-refractivity contribution in [3.63, 3.8) is 0 Å². The van der Waals surface area contributed by atoms with Gasteiger partial charge in [0.2, 0.25) is 5.91 Å². The van der Waals surface area contributed by atoms with Crippen molar-refractivity contribution < 1.29 is 19.1 Å². The van der Waals surface area contributed by atoms with Gasteiger partial charge in [-0.15, -0.1) is 0 Å². The molecular weight excluding hydrogens is 332 g/mol. The Labute approximate surface area is 152 Å². The van der Waals surface area contributed by atoms with E-state index in [2.05, 4.69) is 5.32 Å². The molecule has 2 amide bonds. The molecule has 2 aromatic rings. The molecule has 1 aliphatic heterocycles. The SMILES string of the molecule is CCOc1ccc(C(=O)N[C@H]2CC(=O)N(c3ccc(OC)cc3)C2)cc1. The molecule has 1 aliphatic rings. The molecule has 0 spiro atoms. The third-order valence-electron chi connectivity index (χ3n) is 4.27. The number of rotatable bonds is 6. The van der Waals surface area contributed by atoms with Gasteiger partial charge in [-0.2, -0.15) is 0 Å². The van der Waals surface area contributed by atoms with Crippen molar-refractivity contribution in [3.8, 4) is 11.5 Å². The Morgan fingerprint density at radius 3 is 2.38 bits per heavy atom. The highest BCUT2D eigenvalue weighted by Gasteiger charge is 2.31. The standard InChI is InChI=1S/C20H22N2O4/c1-3-26-18-8-4-14(5-9-18)20(24)21-15-12-19(23)22(13-15)16-6-10-17(25-2)11-7-16/h4-11,15H,3,12-13H2,1-2H3,(H,21,24)/t15-/m0/s1. The monoisotopic (exact) mass is 354 g/mol. The van der Waals surface area contributed by atoms with Gasteiger partial charge in [-0.3, -0.25) is 9.59 Å². The number of hydrogen-bond donors (Lipinski definition) is 1. The Morgan fingerprint density at radius 1 is 1.12 bits per heavy atom. The normalized spacial score (nSPS) is 16.5. The first-order chi connectivity index (χ1) is 12.6. The summed E-state index contributed by atoms with van der Waals surface area (Å²) in [5.74, 6) is 1.26. The average Bonchev–Trinajstić information content (AvgIpc) is 3.02. The summed E-state index contributed by atoms with van der Waals surface area (Å²) in [7, 11) is 1.60. The number of nitrogens with zero attached hydrogens (tertiary/aromatic N) is 1. The highest BCUT2D eigenvalue weighted by Crippen LogP contribution is 2.24. The summed E-state index contributed by atoms with van der Waals surface area (Å²) in [6.45, 7) is 2.94. The van der Waals surface area contributed by atoms with E-state index in [9.17, 15) is 9.59 Å². The lowest BCUT2D eigenvalue weighted by molar-refractivity contribution is -0.117. The molecule has 0 radical (unpaired) electrons. The zero-order valence-corrected chi connectivity index (χ0v) is 14.9. The number of benzene rings is 2. The molecule has 6 heteroatoms. The van der Waals surface area contributed by atoms with E-state index in [4.69, 9.17) is 9.47 Å². The molecule has 0 aliphatic carbocycles. The third-order valence-corrected chi connectivity index (χ3v) is 4.27. The number of ether oxygens (including phenoxy) is 2. The van der Waals surface area contributed by atoms with Gasteiger partial charge >= 0.3 is 0 Å². The largest absolute Gasteiger partial charge is 0.497 e. The number of amides is 2. The minimum absolute atomic E-state index is 0.00726. The molecule has 26 heavy (non-hydrogen) atoms. The van der Waals surface area contributed by atoms with E-state index in [0.717, 1.165) is 17.2 Å². The van der Waals surface area contributed by atoms with Crippen molar-refractivity contribution in [2.24, 2.45) is 0 Å². The number of carbonyl (C=O) groups excluding carboxylic acids is 2. The van der Waals surface area contributed by atoms with E-state index in [1.807, 2.05) is 31.2 Å². The molecule has 1 atom stereocenters. The molecule has 1 heterocycles. The minimum atomic E-state index is -0.219. The fraction of sp³-hybridized carbons (Fsp3) is 0.300. The molecule has 3 rings (SSSR count). The minimum Gasteiger partial charge on any atom is -0.497 e. The molecule has 6 nitrogen and oxygen atoms in total. The Morgan fingerprint density at radius 2 is 1.77 bits per heavy atom. The quantitative estimate of drug-likeness (QED) is 0.866. The summed E-state index contributed by atoms with van der Waals surface area (Å²) in [6, 6.07) is 14.1. The molecule has 0 unspecified atom stereocenters. The lowest BCUT2D eigenvalue weighted by Gasteiger charge is -2.17. The highest BCUT2D eigenvalue weighted by molar-refractivity contribution is 5.99. The van der Waals surface area contributed by atoms with Crippen molar-refractivity contribution in [1.82, 2.24) is 5.32 Å². The van der Waals surface area contributed by atoms with Gasteiger partial charge in [-0.1, -0.05) is 0 Å². The predicted molar refractivity (Wildman–Crippen MR) is 98.8 cm³/mol. The Balaban J connectivity index is 1.62. The average molecular weight is 354 g/mol. The van der Waals surface area contributed by atoms with Crippen molar-refractivity contribution >= 4 is 17.5 Å². The maximum atomic E-state index is 12.4. The second-order valence-corrected chi connectivity index (χ2v) is 6.03. The molecule has 136 valence electrons. The van der Waals surface area contributed by atoms with Crippen molar-refractivity contribution in [3.05, 3.63) is 54.1 Å². The second-order valence-electron chi connectivity index (χ2n) is 6.03. The molecule has 0 bridgehead atoms. The van der Waals surface area contributed by atoms with Gasteiger partial charge in [0.15, 0.2) is 0 Å². The zero-order valence-electron chi connectivity index (χ0n) is 14.9. The molecule has 1 N–H and O–H groups in total. The Kier molecular flexibility index (Phi) is 5.41. The summed E-state index contributed by atoms with van der Waals surface area (Å²) in [4.78, 5) is 26.4. The van der Waals surface area contributed by atoms with Crippen LogP contribution >= 0.6 is 0 Å². The van der Waals surface area contributed by atoms with Gasteiger partial charge in [0.05, 0.1) is 19.8 Å². The van der Waals surface area contributed by atoms with Gasteiger partial charge in [0.25, 0.3) is 5.91 Å². The second kappa shape index (κ2) is 7.91. The molecule has 1 saturated heterocycles. The summed E-state index contributed by atoms with van der Waals surface area (Å²) in [6.07, 6.45) is 0.287. The predicted octanol–water partition coefficient (Wildman–Crippen LogP) is 2.63. The lowest BCUT2D eigenvalue weighted by atomic mass is 10.2. The van der Waals surface area contributed by atoms with Crippen LogP contribution in [0.15, 0.2) is 48.5 Å². The highest BCUT2D eigenvalue weighted by atomic mass is 16.5. The van der Waals surface area contributed by atoms with E-state index in [0.29, 0.717) is 18.7 Å².